The van der Waals surface area contributed by atoms with Crippen LogP contribution >= 0.6 is 11.6 Å². The highest BCUT2D eigenvalue weighted by atomic mass is 35.5. The van der Waals surface area contributed by atoms with E-state index in [-0.39, 0.29) is 17.9 Å². The number of likely N-dealkylation sites (N-methyl/N-ethyl adjacent to an activating group) is 1. The van der Waals surface area contributed by atoms with Crippen molar-refractivity contribution < 1.29 is 14.0 Å². The number of anilines is 1. The molecule has 2 amide bonds. The van der Waals surface area contributed by atoms with Gasteiger partial charge in [0.15, 0.2) is 0 Å². The third-order valence-electron chi connectivity index (χ3n) is 5.52. The van der Waals surface area contributed by atoms with Crippen LogP contribution in [0.15, 0.2) is 59.0 Å². The van der Waals surface area contributed by atoms with Crippen LogP contribution in [-0.2, 0) is 4.79 Å². The maximum atomic E-state index is 12.6. The minimum absolute atomic E-state index is 0.138. The van der Waals surface area contributed by atoms with Crippen LogP contribution in [0.25, 0.3) is 23.0 Å². The van der Waals surface area contributed by atoms with Crippen molar-refractivity contribution in [3.8, 4) is 11.3 Å². The number of likely N-dealkylation sites (tertiary alicyclic amines) is 1. The number of carbonyl (C=O) groups is 2. The molecule has 6 nitrogen and oxygen atoms in total. The maximum absolute atomic E-state index is 12.6. The summed E-state index contributed by atoms with van der Waals surface area (Å²) in [5.41, 5.74) is 3.34. The summed E-state index contributed by atoms with van der Waals surface area (Å²) in [6, 6.07) is 16.5. The Morgan fingerprint density at radius 3 is 2.81 bits per heavy atom. The van der Waals surface area contributed by atoms with Crippen LogP contribution < -0.4 is 10.6 Å². The number of hydrogen-bond donors (Lipinski definition) is 2. The van der Waals surface area contributed by atoms with Gasteiger partial charge in [-0.2, -0.15) is 0 Å². The van der Waals surface area contributed by atoms with E-state index in [9.17, 15) is 9.59 Å². The fourth-order valence-corrected chi connectivity index (χ4v) is 4.12. The van der Waals surface area contributed by atoms with E-state index in [1.54, 1.807) is 24.3 Å². The summed E-state index contributed by atoms with van der Waals surface area (Å²) in [4.78, 5) is 27.1. The van der Waals surface area contributed by atoms with Gasteiger partial charge >= 0.3 is 0 Å². The highest BCUT2D eigenvalue weighted by Crippen LogP contribution is 2.34. The predicted molar refractivity (Wildman–Crippen MR) is 121 cm³/mol. The van der Waals surface area contributed by atoms with Gasteiger partial charge in [-0.25, -0.2) is 0 Å². The zero-order chi connectivity index (χ0) is 21.5. The van der Waals surface area contributed by atoms with Gasteiger partial charge in [-0.1, -0.05) is 29.8 Å². The highest BCUT2D eigenvalue weighted by molar-refractivity contribution is 6.35. The summed E-state index contributed by atoms with van der Waals surface area (Å²) in [6.45, 7) is 1.66. The number of rotatable bonds is 4. The molecule has 0 bridgehead atoms. The second kappa shape index (κ2) is 7.72. The lowest BCUT2D eigenvalue weighted by atomic mass is 10.1. The average molecular weight is 434 g/mol. The van der Waals surface area contributed by atoms with E-state index in [0.29, 0.717) is 27.7 Å². The third-order valence-corrected chi connectivity index (χ3v) is 5.85. The smallest absolute Gasteiger partial charge is 0.256 e. The normalized spacial score (nSPS) is 17.4. The number of fused-ring (bicyclic) bond motifs is 1. The molecule has 0 saturated carbocycles. The maximum Gasteiger partial charge on any atom is 0.256 e. The van der Waals surface area contributed by atoms with Crippen molar-refractivity contribution >= 4 is 40.8 Å². The number of halogens is 1. The van der Waals surface area contributed by atoms with E-state index in [1.165, 1.54) is 0 Å². The number of carbonyl (C=O) groups excluding carboxylic acids is 2. The van der Waals surface area contributed by atoms with Gasteiger partial charge in [0.1, 0.15) is 11.5 Å². The molecule has 2 aliphatic heterocycles. The molecule has 2 aliphatic rings. The number of hydrogen-bond acceptors (Lipinski definition) is 4. The molecule has 1 aromatic heterocycles. The molecule has 7 heteroatoms. The summed E-state index contributed by atoms with van der Waals surface area (Å²) >= 11 is 6.28. The van der Waals surface area contributed by atoms with Crippen molar-refractivity contribution in [3.05, 3.63) is 76.5 Å². The van der Waals surface area contributed by atoms with Gasteiger partial charge in [0.2, 0.25) is 0 Å². The van der Waals surface area contributed by atoms with E-state index in [2.05, 4.69) is 15.5 Å². The number of nitrogens with zero attached hydrogens (tertiary/aromatic N) is 1. The monoisotopic (exact) mass is 433 g/mol. The first-order chi connectivity index (χ1) is 15.0. The van der Waals surface area contributed by atoms with E-state index in [0.717, 1.165) is 29.9 Å². The highest BCUT2D eigenvalue weighted by Gasteiger charge is 2.26. The molecule has 0 unspecified atom stereocenters. The van der Waals surface area contributed by atoms with Crippen LogP contribution in [0, 0.1) is 0 Å². The summed E-state index contributed by atoms with van der Waals surface area (Å²) in [7, 11) is 2.01. The lowest BCUT2D eigenvalue weighted by molar-refractivity contribution is -0.110. The molecule has 2 N–H and O–H groups in total. The zero-order valence-electron chi connectivity index (χ0n) is 16.8. The van der Waals surface area contributed by atoms with Crippen LogP contribution in [0.4, 0.5) is 5.69 Å². The first-order valence-corrected chi connectivity index (χ1v) is 10.4. The molecule has 0 spiro atoms. The molecule has 156 valence electrons. The van der Waals surface area contributed by atoms with E-state index in [4.69, 9.17) is 16.0 Å². The van der Waals surface area contributed by atoms with Gasteiger partial charge < -0.3 is 20.0 Å². The Morgan fingerprint density at radius 1 is 1.19 bits per heavy atom. The molecule has 0 aliphatic carbocycles. The van der Waals surface area contributed by atoms with Gasteiger partial charge in [0, 0.05) is 29.9 Å². The lowest BCUT2D eigenvalue weighted by Crippen LogP contribution is -2.57. The Balaban J connectivity index is 1.40. The molecule has 5 rings (SSSR count). The Kier molecular flexibility index (Phi) is 4.88. The van der Waals surface area contributed by atoms with E-state index in [1.807, 2.05) is 43.4 Å². The summed E-state index contributed by atoms with van der Waals surface area (Å²) in [5.74, 6) is 0.785. The predicted octanol–water partition coefficient (Wildman–Crippen LogP) is 4.14. The molecule has 1 fully saturated rings. The third kappa shape index (κ3) is 3.76. The minimum Gasteiger partial charge on any atom is -0.457 e. The lowest BCUT2D eigenvalue weighted by Gasteiger charge is -2.36. The van der Waals surface area contributed by atoms with Gasteiger partial charge in [0.25, 0.3) is 11.8 Å². The van der Waals surface area contributed by atoms with Gasteiger partial charge in [-0.15, -0.1) is 0 Å². The molecule has 0 atom stereocenters. The standard InChI is InChI=1S/C24H20ClN3O3/c1-28-12-15(13-28)26-24(30)19-10-14(6-8-20(19)25)22-9-7-16(31-22)11-18-17-4-2-3-5-21(17)27-23(18)29/h2-11,15H,12-13H2,1H3,(H,26,30)(H,27,29). The summed E-state index contributed by atoms with van der Waals surface area (Å²) < 4.78 is 5.96. The number of nitrogens with one attached hydrogen (secondary N) is 2. The zero-order valence-corrected chi connectivity index (χ0v) is 17.6. The first kappa shape index (κ1) is 19.6. The topological polar surface area (TPSA) is 74.6 Å². The molecule has 2 aromatic carbocycles. The SMILES string of the molecule is CN1CC(NC(=O)c2cc(-c3ccc(C=C4C(=O)Nc5ccccc54)o3)ccc2Cl)C1. The molecular formula is C24H20ClN3O3. The number of para-hydroxylation sites is 1. The second-order valence-electron chi connectivity index (χ2n) is 7.85. The quantitative estimate of drug-likeness (QED) is 0.606. The molecule has 31 heavy (non-hydrogen) atoms. The summed E-state index contributed by atoms with van der Waals surface area (Å²) in [5, 5.41) is 6.24. The fraction of sp³-hybridized carbons (Fsp3) is 0.167. The Hall–Kier alpha value is -3.35. The van der Waals surface area contributed by atoms with E-state index < -0.39 is 0 Å². The Morgan fingerprint density at radius 2 is 2.00 bits per heavy atom. The summed E-state index contributed by atoms with van der Waals surface area (Å²) in [6.07, 6.45) is 1.72. The van der Waals surface area contributed by atoms with Gasteiger partial charge in [-0.3, -0.25) is 9.59 Å². The van der Waals surface area contributed by atoms with Gasteiger partial charge in [-0.05, 0) is 49.5 Å². The Bertz CT molecular complexity index is 1220. The average Bonchev–Trinajstić information content (AvgIpc) is 3.32. The molecule has 3 aromatic rings. The van der Waals surface area contributed by atoms with Crippen LogP contribution in [0.5, 0.6) is 0 Å². The first-order valence-electron chi connectivity index (χ1n) is 9.99. The molecular weight excluding hydrogens is 414 g/mol. The van der Waals surface area contributed by atoms with Crippen molar-refractivity contribution in [1.29, 1.82) is 0 Å². The minimum atomic E-state index is -0.196. The van der Waals surface area contributed by atoms with Crippen molar-refractivity contribution in [2.75, 3.05) is 25.5 Å². The van der Waals surface area contributed by atoms with Crippen molar-refractivity contribution in [2.45, 2.75) is 6.04 Å². The fourth-order valence-electron chi connectivity index (χ4n) is 3.92. The van der Waals surface area contributed by atoms with Crippen molar-refractivity contribution in [2.24, 2.45) is 0 Å². The molecule has 3 heterocycles. The number of benzene rings is 2. The van der Waals surface area contributed by atoms with Crippen LogP contribution in [0.1, 0.15) is 21.7 Å². The number of furan rings is 1. The molecule has 1 saturated heterocycles. The van der Waals surface area contributed by atoms with Crippen LogP contribution in [-0.4, -0.2) is 42.9 Å². The van der Waals surface area contributed by atoms with Crippen LogP contribution in [0.3, 0.4) is 0 Å². The van der Waals surface area contributed by atoms with Crippen LogP contribution in [0.2, 0.25) is 5.02 Å². The van der Waals surface area contributed by atoms with Gasteiger partial charge in [0.05, 0.1) is 22.2 Å². The molecule has 0 radical (unpaired) electrons. The second-order valence-corrected chi connectivity index (χ2v) is 8.25. The number of amides is 2. The van der Waals surface area contributed by atoms with E-state index >= 15 is 0 Å². The van der Waals surface area contributed by atoms with Crippen molar-refractivity contribution in [3.63, 3.8) is 0 Å². The Labute approximate surface area is 184 Å². The largest absolute Gasteiger partial charge is 0.457 e. The van der Waals surface area contributed by atoms with Crippen molar-refractivity contribution in [1.82, 2.24) is 10.2 Å².